The summed E-state index contributed by atoms with van der Waals surface area (Å²) >= 11 is 0. The number of sulfonamides is 1. The molecule has 0 unspecified atom stereocenters. The van der Waals surface area contributed by atoms with Crippen molar-refractivity contribution in [2.45, 2.75) is 4.90 Å². The number of benzene rings is 1. The Morgan fingerprint density at radius 2 is 1.95 bits per heavy atom. The summed E-state index contributed by atoms with van der Waals surface area (Å²) < 4.78 is 24.1. The molecule has 0 aliphatic rings. The quantitative estimate of drug-likeness (QED) is 0.733. The average Bonchev–Trinajstić information content (AvgIpc) is 2.80. The molecular formula is C11H8N6O2S. The zero-order chi connectivity index (χ0) is 14.9. The van der Waals surface area contributed by atoms with Gasteiger partial charge in [0.1, 0.15) is 23.4 Å². The summed E-state index contributed by atoms with van der Waals surface area (Å²) in [6, 6.07) is 7.76. The Balaban J connectivity index is 2.77. The maximum atomic E-state index is 11.4. The molecule has 0 saturated heterocycles. The van der Waals surface area contributed by atoms with Gasteiger partial charge in [-0.05, 0) is 12.1 Å². The van der Waals surface area contributed by atoms with E-state index in [9.17, 15) is 8.42 Å². The van der Waals surface area contributed by atoms with E-state index in [0.29, 0.717) is 0 Å². The van der Waals surface area contributed by atoms with E-state index in [-0.39, 0.29) is 27.7 Å². The van der Waals surface area contributed by atoms with Gasteiger partial charge in [0.25, 0.3) is 0 Å². The van der Waals surface area contributed by atoms with Crippen molar-refractivity contribution in [3.05, 3.63) is 35.9 Å². The molecule has 0 fully saturated rings. The van der Waals surface area contributed by atoms with Crippen molar-refractivity contribution in [2.75, 3.05) is 5.73 Å². The van der Waals surface area contributed by atoms with Crippen molar-refractivity contribution in [3.63, 3.8) is 0 Å². The van der Waals surface area contributed by atoms with Crippen LogP contribution in [0.1, 0.15) is 11.4 Å². The maximum Gasteiger partial charge on any atom is 0.240 e. The van der Waals surface area contributed by atoms with Gasteiger partial charge < -0.3 is 5.73 Å². The molecule has 20 heavy (non-hydrogen) atoms. The summed E-state index contributed by atoms with van der Waals surface area (Å²) in [5.74, 6) is 0. The minimum atomic E-state index is -3.99. The molecule has 1 aromatic carbocycles. The number of nitriles is 2. The third-order valence-corrected chi connectivity index (χ3v) is 3.56. The Bertz CT molecular complexity index is 869. The van der Waals surface area contributed by atoms with Crippen molar-refractivity contribution in [1.29, 1.82) is 10.5 Å². The SMILES string of the molecule is N#Cc1ncn(-c2cccc(S(N)(=O)=O)c2N)c1C#N. The number of para-hydroxylation sites is 1. The molecule has 4 N–H and O–H groups in total. The van der Waals surface area contributed by atoms with Crippen LogP contribution in [0, 0.1) is 22.7 Å². The molecule has 1 aromatic heterocycles. The number of anilines is 1. The molecule has 0 radical (unpaired) electrons. The van der Waals surface area contributed by atoms with Gasteiger partial charge in [0.2, 0.25) is 10.0 Å². The molecule has 9 heteroatoms. The Hall–Kier alpha value is -2.88. The van der Waals surface area contributed by atoms with Crippen molar-refractivity contribution in [2.24, 2.45) is 5.14 Å². The minimum absolute atomic E-state index is 0.0363. The van der Waals surface area contributed by atoms with Gasteiger partial charge in [0.05, 0.1) is 11.4 Å². The molecule has 0 aliphatic heterocycles. The summed E-state index contributed by atoms with van der Waals surface area (Å²) in [6.45, 7) is 0. The summed E-state index contributed by atoms with van der Waals surface area (Å²) in [4.78, 5) is 3.50. The van der Waals surface area contributed by atoms with E-state index in [1.54, 1.807) is 6.07 Å². The van der Waals surface area contributed by atoms with Crippen LogP contribution in [0.5, 0.6) is 0 Å². The smallest absolute Gasteiger partial charge is 0.240 e. The van der Waals surface area contributed by atoms with Crippen LogP contribution < -0.4 is 10.9 Å². The summed E-state index contributed by atoms with van der Waals surface area (Å²) in [5, 5.41) is 23.0. The van der Waals surface area contributed by atoms with E-state index in [2.05, 4.69) is 4.98 Å². The summed E-state index contributed by atoms with van der Waals surface area (Å²) in [7, 11) is -3.99. The number of nitrogens with zero attached hydrogens (tertiary/aromatic N) is 4. The number of hydrogen-bond donors (Lipinski definition) is 2. The van der Waals surface area contributed by atoms with Crippen molar-refractivity contribution < 1.29 is 8.42 Å². The van der Waals surface area contributed by atoms with Crippen molar-refractivity contribution in [3.8, 4) is 17.8 Å². The lowest BCUT2D eigenvalue weighted by molar-refractivity contribution is 0.598. The Morgan fingerprint density at radius 3 is 2.50 bits per heavy atom. The van der Waals surface area contributed by atoms with E-state index >= 15 is 0 Å². The molecule has 0 spiro atoms. The molecule has 2 rings (SSSR count). The Morgan fingerprint density at radius 1 is 1.25 bits per heavy atom. The van der Waals surface area contributed by atoms with Crippen molar-refractivity contribution in [1.82, 2.24) is 9.55 Å². The van der Waals surface area contributed by atoms with Crippen LogP contribution >= 0.6 is 0 Å². The zero-order valence-corrected chi connectivity index (χ0v) is 10.8. The van der Waals surface area contributed by atoms with Gasteiger partial charge in [-0.3, -0.25) is 4.57 Å². The molecule has 2 aromatic rings. The van der Waals surface area contributed by atoms with Gasteiger partial charge in [-0.25, -0.2) is 18.5 Å². The van der Waals surface area contributed by atoms with Gasteiger partial charge >= 0.3 is 0 Å². The Labute approximate surface area is 114 Å². The average molecular weight is 288 g/mol. The van der Waals surface area contributed by atoms with Gasteiger partial charge in [-0.2, -0.15) is 10.5 Å². The predicted molar refractivity (Wildman–Crippen MR) is 68.8 cm³/mol. The third kappa shape index (κ3) is 2.07. The van der Waals surface area contributed by atoms with E-state index in [0.717, 1.165) is 0 Å². The molecule has 0 saturated carbocycles. The number of primary sulfonamides is 1. The predicted octanol–water partition coefficient (Wildman–Crippen LogP) is -0.155. The van der Waals surface area contributed by atoms with Crippen LogP contribution in [0.4, 0.5) is 5.69 Å². The van der Waals surface area contributed by atoms with Crippen LogP contribution in [0.3, 0.4) is 0 Å². The monoisotopic (exact) mass is 288 g/mol. The fourth-order valence-electron chi connectivity index (χ4n) is 1.71. The lowest BCUT2D eigenvalue weighted by Gasteiger charge is -2.10. The molecule has 0 aliphatic carbocycles. The number of aromatic nitrogens is 2. The zero-order valence-electron chi connectivity index (χ0n) is 9.98. The second-order valence-electron chi connectivity index (χ2n) is 3.77. The molecule has 0 atom stereocenters. The summed E-state index contributed by atoms with van der Waals surface area (Å²) in [5.41, 5.74) is 5.76. The van der Waals surface area contributed by atoms with Crippen LogP contribution in [0.25, 0.3) is 5.69 Å². The third-order valence-electron chi connectivity index (χ3n) is 2.59. The molecule has 8 nitrogen and oxygen atoms in total. The van der Waals surface area contributed by atoms with Crippen LogP contribution in [0.15, 0.2) is 29.4 Å². The number of hydrogen-bond acceptors (Lipinski definition) is 6. The normalized spacial score (nSPS) is 10.8. The number of imidazole rings is 1. The Kier molecular flexibility index (Phi) is 3.16. The van der Waals surface area contributed by atoms with E-state index in [1.165, 1.54) is 29.1 Å². The molecule has 100 valence electrons. The molecule has 0 amide bonds. The van der Waals surface area contributed by atoms with Gasteiger partial charge in [0, 0.05) is 0 Å². The van der Waals surface area contributed by atoms with E-state index in [1.807, 2.05) is 6.07 Å². The van der Waals surface area contributed by atoms with Crippen LogP contribution in [-0.2, 0) is 10.0 Å². The molecule has 0 bridgehead atoms. The molecule has 1 heterocycles. The first-order valence-corrected chi connectivity index (χ1v) is 6.74. The highest BCUT2D eigenvalue weighted by Gasteiger charge is 2.18. The first-order valence-electron chi connectivity index (χ1n) is 5.19. The van der Waals surface area contributed by atoms with Gasteiger partial charge in [-0.15, -0.1) is 0 Å². The number of nitrogens with two attached hydrogens (primary N) is 2. The summed E-state index contributed by atoms with van der Waals surface area (Å²) in [6.07, 6.45) is 1.22. The lowest BCUT2D eigenvalue weighted by atomic mass is 10.2. The second kappa shape index (κ2) is 4.66. The van der Waals surface area contributed by atoms with E-state index < -0.39 is 10.0 Å². The largest absolute Gasteiger partial charge is 0.396 e. The number of nitrogen functional groups attached to an aromatic ring is 1. The first-order chi connectivity index (χ1) is 9.40. The van der Waals surface area contributed by atoms with Crippen LogP contribution in [0.2, 0.25) is 0 Å². The molecular weight excluding hydrogens is 280 g/mol. The highest BCUT2D eigenvalue weighted by molar-refractivity contribution is 7.89. The van der Waals surface area contributed by atoms with E-state index in [4.69, 9.17) is 21.4 Å². The topological polar surface area (TPSA) is 152 Å². The fraction of sp³-hybridized carbons (Fsp3) is 0. The fourth-order valence-corrected chi connectivity index (χ4v) is 2.39. The maximum absolute atomic E-state index is 11.4. The van der Waals surface area contributed by atoms with Crippen molar-refractivity contribution >= 4 is 15.7 Å². The highest BCUT2D eigenvalue weighted by atomic mass is 32.2. The standard InChI is InChI=1S/C11H8N6O2S/c12-4-7-9(5-13)17(6-16-7)8-2-1-3-10(11(8)14)20(15,18)19/h1-3,6H,14H2,(H2,15,18,19). The van der Waals surface area contributed by atoms with Gasteiger partial charge in [-0.1, -0.05) is 6.07 Å². The lowest BCUT2D eigenvalue weighted by Crippen LogP contribution is -2.15. The first kappa shape index (κ1) is 13.5. The highest BCUT2D eigenvalue weighted by Crippen LogP contribution is 2.26. The van der Waals surface area contributed by atoms with Crippen LogP contribution in [-0.4, -0.2) is 18.0 Å². The van der Waals surface area contributed by atoms with Gasteiger partial charge in [0.15, 0.2) is 11.4 Å². The minimum Gasteiger partial charge on any atom is -0.396 e. The number of rotatable bonds is 2. The second-order valence-corrected chi connectivity index (χ2v) is 5.30.